The van der Waals surface area contributed by atoms with E-state index in [1.165, 1.54) is 16.5 Å². The van der Waals surface area contributed by atoms with Crippen molar-refractivity contribution in [3.8, 4) is 0 Å². The Hall–Kier alpha value is -2.05. The number of guanidine groups is 1. The maximum Gasteiger partial charge on any atom is 0.191 e. The number of hydrogen-bond donors (Lipinski definition) is 3. The Morgan fingerprint density at radius 2 is 2.00 bits per heavy atom. The molecule has 144 valence electrons. The number of benzene rings is 1. The summed E-state index contributed by atoms with van der Waals surface area (Å²) in [5.41, 5.74) is 2.52. The Morgan fingerprint density at radius 1 is 1.12 bits per heavy atom. The van der Waals surface area contributed by atoms with Crippen molar-refractivity contribution in [1.82, 2.24) is 15.6 Å². The van der Waals surface area contributed by atoms with Crippen LogP contribution in [0.5, 0.6) is 0 Å². The Balaban J connectivity index is 1.68. The first-order chi connectivity index (χ1) is 12.8. The van der Waals surface area contributed by atoms with Crippen LogP contribution in [-0.2, 0) is 15.9 Å². The lowest BCUT2D eigenvalue weighted by molar-refractivity contribution is 0.0690. The number of H-pyrrole nitrogens is 1. The van der Waals surface area contributed by atoms with Crippen molar-refractivity contribution in [3.63, 3.8) is 0 Å². The Morgan fingerprint density at radius 3 is 2.85 bits per heavy atom. The number of aromatic nitrogens is 1. The predicted octanol–water partition coefficient (Wildman–Crippen LogP) is 2.71. The number of aromatic amines is 1. The molecule has 0 saturated heterocycles. The van der Waals surface area contributed by atoms with Crippen LogP contribution in [0.2, 0.25) is 0 Å². The zero-order chi connectivity index (χ0) is 18.5. The molecule has 0 amide bonds. The molecule has 0 fully saturated rings. The molecule has 6 heteroatoms. The number of nitrogens with one attached hydrogen (secondary N) is 3. The highest BCUT2D eigenvalue weighted by Crippen LogP contribution is 2.17. The molecule has 1 aromatic carbocycles. The van der Waals surface area contributed by atoms with E-state index in [9.17, 15) is 0 Å². The highest BCUT2D eigenvalue weighted by molar-refractivity contribution is 5.83. The molecule has 2 rings (SSSR count). The maximum atomic E-state index is 5.46. The number of fused-ring (bicyclic) bond motifs is 1. The highest BCUT2D eigenvalue weighted by atomic mass is 16.5. The van der Waals surface area contributed by atoms with Crippen molar-refractivity contribution >= 4 is 16.9 Å². The van der Waals surface area contributed by atoms with Gasteiger partial charge in [0.25, 0.3) is 0 Å². The van der Waals surface area contributed by atoms with Gasteiger partial charge in [-0.1, -0.05) is 18.2 Å². The molecule has 0 aliphatic carbocycles. The largest absolute Gasteiger partial charge is 0.382 e. The summed E-state index contributed by atoms with van der Waals surface area (Å²) < 4.78 is 10.4. The fourth-order valence-electron chi connectivity index (χ4n) is 2.75. The molecule has 0 saturated carbocycles. The number of methoxy groups -OCH3 is 1. The molecular weight excluding hydrogens is 328 g/mol. The second-order valence-electron chi connectivity index (χ2n) is 6.11. The number of para-hydroxylation sites is 1. The molecule has 6 nitrogen and oxygen atoms in total. The third-order valence-electron chi connectivity index (χ3n) is 4.10. The summed E-state index contributed by atoms with van der Waals surface area (Å²) in [5.74, 6) is 0.882. The fourth-order valence-corrected chi connectivity index (χ4v) is 2.75. The van der Waals surface area contributed by atoms with Gasteiger partial charge in [0, 0.05) is 50.5 Å². The van der Waals surface area contributed by atoms with Gasteiger partial charge in [-0.25, -0.2) is 0 Å². The molecule has 0 unspecified atom stereocenters. The van der Waals surface area contributed by atoms with Crippen molar-refractivity contribution in [1.29, 1.82) is 0 Å². The smallest absolute Gasteiger partial charge is 0.191 e. The first-order valence-electron chi connectivity index (χ1n) is 9.49. The summed E-state index contributed by atoms with van der Waals surface area (Å²) in [7, 11) is 1.69. The van der Waals surface area contributed by atoms with Crippen LogP contribution in [0.25, 0.3) is 10.9 Å². The standard InChI is InChI=1S/C20H32N4O2/c1-3-21-20(22-11-6-7-13-26-15-14-25-2)23-12-10-17-16-24-19-9-5-4-8-18(17)19/h4-5,8-9,16,24H,3,6-7,10-15H2,1-2H3,(H2,21,22,23). The van der Waals surface area contributed by atoms with E-state index in [1.807, 2.05) is 0 Å². The van der Waals surface area contributed by atoms with E-state index >= 15 is 0 Å². The monoisotopic (exact) mass is 360 g/mol. The van der Waals surface area contributed by atoms with Crippen LogP contribution in [0, 0.1) is 0 Å². The van der Waals surface area contributed by atoms with Crippen LogP contribution in [-0.4, -0.2) is 57.5 Å². The van der Waals surface area contributed by atoms with Crippen LogP contribution in [0.3, 0.4) is 0 Å². The van der Waals surface area contributed by atoms with Gasteiger partial charge < -0.3 is 25.1 Å². The van der Waals surface area contributed by atoms with Gasteiger partial charge in [0.05, 0.1) is 13.2 Å². The number of ether oxygens (including phenoxy) is 2. The van der Waals surface area contributed by atoms with E-state index in [2.05, 4.69) is 58.0 Å². The molecule has 3 N–H and O–H groups in total. The minimum absolute atomic E-state index is 0.656. The van der Waals surface area contributed by atoms with Gasteiger partial charge in [0.2, 0.25) is 0 Å². The Kier molecular flexibility index (Phi) is 9.61. The van der Waals surface area contributed by atoms with Gasteiger partial charge in [-0.2, -0.15) is 0 Å². The minimum Gasteiger partial charge on any atom is -0.382 e. The lowest BCUT2D eigenvalue weighted by atomic mass is 10.1. The summed E-state index contributed by atoms with van der Waals surface area (Å²) >= 11 is 0. The first-order valence-corrected chi connectivity index (χ1v) is 9.49. The van der Waals surface area contributed by atoms with Crippen molar-refractivity contribution in [2.75, 3.05) is 46.6 Å². The number of aliphatic imine (C=N–C) groups is 1. The lowest BCUT2D eigenvalue weighted by Gasteiger charge is -2.11. The molecule has 0 aliphatic heterocycles. The van der Waals surface area contributed by atoms with Crippen LogP contribution in [0.1, 0.15) is 25.3 Å². The van der Waals surface area contributed by atoms with Gasteiger partial charge in [0.1, 0.15) is 0 Å². The Bertz CT molecular complexity index is 654. The number of nitrogens with zero attached hydrogens (tertiary/aromatic N) is 1. The summed E-state index contributed by atoms with van der Waals surface area (Å²) in [6.45, 7) is 6.69. The van der Waals surface area contributed by atoms with Crippen LogP contribution < -0.4 is 10.6 Å². The van der Waals surface area contributed by atoms with Gasteiger partial charge >= 0.3 is 0 Å². The van der Waals surface area contributed by atoms with E-state index < -0.39 is 0 Å². The molecular formula is C20H32N4O2. The molecule has 0 radical (unpaired) electrons. The van der Waals surface area contributed by atoms with Crippen LogP contribution >= 0.6 is 0 Å². The average molecular weight is 361 g/mol. The molecule has 0 bridgehead atoms. The summed E-state index contributed by atoms with van der Waals surface area (Å²) in [5, 5.41) is 8.02. The second-order valence-corrected chi connectivity index (χ2v) is 6.11. The van der Waals surface area contributed by atoms with Gasteiger partial charge in [0.15, 0.2) is 5.96 Å². The van der Waals surface area contributed by atoms with E-state index in [4.69, 9.17) is 9.47 Å². The fraction of sp³-hybridized carbons (Fsp3) is 0.550. The first kappa shape index (κ1) is 20.3. The van der Waals surface area contributed by atoms with Gasteiger partial charge in [-0.3, -0.25) is 4.99 Å². The zero-order valence-electron chi connectivity index (χ0n) is 16.0. The maximum absolute atomic E-state index is 5.46. The lowest BCUT2D eigenvalue weighted by Crippen LogP contribution is -2.38. The van der Waals surface area contributed by atoms with E-state index in [1.54, 1.807) is 7.11 Å². The molecule has 26 heavy (non-hydrogen) atoms. The second kappa shape index (κ2) is 12.3. The van der Waals surface area contributed by atoms with Crippen molar-refractivity contribution in [2.24, 2.45) is 4.99 Å². The van der Waals surface area contributed by atoms with Crippen molar-refractivity contribution < 1.29 is 9.47 Å². The molecule has 0 aliphatic rings. The summed E-state index contributed by atoms with van der Waals surface area (Å²) in [6, 6.07) is 8.41. The van der Waals surface area contributed by atoms with Crippen LogP contribution in [0.4, 0.5) is 0 Å². The number of hydrogen-bond acceptors (Lipinski definition) is 3. The Labute approximate surface area is 156 Å². The van der Waals surface area contributed by atoms with E-state index in [-0.39, 0.29) is 0 Å². The molecule has 1 aromatic heterocycles. The van der Waals surface area contributed by atoms with Crippen molar-refractivity contribution in [2.45, 2.75) is 26.2 Å². The van der Waals surface area contributed by atoms with Crippen LogP contribution in [0.15, 0.2) is 35.5 Å². The van der Waals surface area contributed by atoms with Gasteiger partial charge in [-0.05, 0) is 37.8 Å². The third kappa shape index (κ3) is 7.06. The number of unbranched alkanes of at least 4 members (excludes halogenated alkanes) is 1. The normalized spacial score (nSPS) is 11.8. The number of rotatable bonds is 12. The molecule has 1 heterocycles. The SMILES string of the molecule is CCNC(=NCCCCOCCOC)NCCc1c[nH]c2ccccc12. The quantitative estimate of drug-likeness (QED) is 0.309. The minimum atomic E-state index is 0.656. The predicted molar refractivity (Wildman–Crippen MR) is 108 cm³/mol. The molecule has 2 aromatic rings. The summed E-state index contributed by atoms with van der Waals surface area (Å²) in [6.07, 6.45) is 5.09. The highest BCUT2D eigenvalue weighted by Gasteiger charge is 2.03. The zero-order valence-corrected chi connectivity index (χ0v) is 16.0. The molecule has 0 spiro atoms. The summed E-state index contributed by atoms with van der Waals surface area (Å²) in [4.78, 5) is 7.96. The van der Waals surface area contributed by atoms with Gasteiger partial charge in [-0.15, -0.1) is 0 Å². The van der Waals surface area contributed by atoms with E-state index in [0.29, 0.717) is 13.2 Å². The van der Waals surface area contributed by atoms with Crippen molar-refractivity contribution in [3.05, 3.63) is 36.0 Å². The third-order valence-corrected chi connectivity index (χ3v) is 4.10. The van der Waals surface area contributed by atoms with E-state index in [0.717, 1.165) is 51.5 Å². The topological polar surface area (TPSA) is 70.7 Å². The average Bonchev–Trinajstić information content (AvgIpc) is 3.07. The molecule has 0 atom stereocenters.